The van der Waals surface area contributed by atoms with Gasteiger partial charge in [-0.3, -0.25) is 5.32 Å². The fourth-order valence-electron chi connectivity index (χ4n) is 2.27. The summed E-state index contributed by atoms with van der Waals surface area (Å²) in [6.07, 6.45) is -0.849. The van der Waals surface area contributed by atoms with Gasteiger partial charge in [0.15, 0.2) is 0 Å². The number of tetrazole rings is 1. The van der Waals surface area contributed by atoms with Crippen LogP contribution in [0.1, 0.15) is 15.9 Å². The van der Waals surface area contributed by atoms with Crippen LogP contribution in [0.2, 0.25) is 0 Å². The van der Waals surface area contributed by atoms with Gasteiger partial charge >= 0.3 is 5.97 Å². The van der Waals surface area contributed by atoms with Gasteiger partial charge in [0.1, 0.15) is 12.0 Å². The maximum Gasteiger partial charge on any atom is 0.335 e. The minimum absolute atomic E-state index is 0.165. The fraction of sp³-hybridized carbons (Fsp3) is 0.176. The second-order valence-corrected chi connectivity index (χ2v) is 6.55. The number of rotatable bonds is 8. The van der Waals surface area contributed by atoms with Gasteiger partial charge in [0, 0.05) is 12.3 Å². The lowest BCUT2D eigenvalue weighted by molar-refractivity contribution is 0.0697. The van der Waals surface area contributed by atoms with E-state index in [1.165, 1.54) is 40.7 Å². The van der Waals surface area contributed by atoms with Crippen LogP contribution in [0.4, 0.5) is 4.39 Å². The third kappa shape index (κ3) is 5.09. The molecule has 3 N–H and O–H groups in total. The number of thioether (sulfide) groups is 1. The number of hydrogen-bond acceptors (Lipinski definition) is 7. The van der Waals surface area contributed by atoms with Crippen molar-refractivity contribution in [3.63, 3.8) is 0 Å². The minimum Gasteiger partial charge on any atom is -0.478 e. The van der Waals surface area contributed by atoms with Crippen molar-refractivity contribution in [3.8, 4) is 5.69 Å². The molecule has 0 radical (unpaired) electrons. The Kier molecular flexibility index (Phi) is 6.12. The standard InChI is InChI=1S/C17H16FN5O3S/c18-13-3-1-2-11(8-13)9-19-15(24)10-27-17-20-21-22-23(17)14-6-4-12(5-7-14)16(25)26/h1-8,15,19,24H,9-10H2,(H,25,26). The van der Waals surface area contributed by atoms with Crippen LogP contribution in [0, 0.1) is 5.82 Å². The Bertz CT molecular complexity index is 919. The summed E-state index contributed by atoms with van der Waals surface area (Å²) in [5, 5.41) is 33.8. The monoisotopic (exact) mass is 389 g/mol. The summed E-state index contributed by atoms with van der Waals surface area (Å²) in [6.45, 7) is 0.321. The van der Waals surface area contributed by atoms with E-state index in [0.717, 1.165) is 5.56 Å². The number of halogens is 1. The van der Waals surface area contributed by atoms with Gasteiger partial charge in [0.2, 0.25) is 5.16 Å². The van der Waals surface area contributed by atoms with Gasteiger partial charge in [-0.2, -0.15) is 4.68 Å². The Labute approximate surface area is 158 Å². The molecule has 140 valence electrons. The van der Waals surface area contributed by atoms with Gasteiger partial charge in [-0.15, -0.1) is 5.10 Å². The molecule has 0 aliphatic heterocycles. The van der Waals surface area contributed by atoms with E-state index in [2.05, 4.69) is 20.8 Å². The summed E-state index contributed by atoms with van der Waals surface area (Å²) < 4.78 is 14.6. The fourth-order valence-corrected chi connectivity index (χ4v) is 3.05. The molecule has 0 amide bonds. The van der Waals surface area contributed by atoms with Crippen molar-refractivity contribution < 1.29 is 19.4 Å². The van der Waals surface area contributed by atoms with Crippen molar-refractivity contribution in [1.29, 1.82) is 0 Å². The third-order valence-corrected chi connectivity index (χ3v) is 4.60. The summed E-state index contributed by atoms with van der Waals surface area (Å²) in [5.74, 6) is -1.07. The zero-order valence-corrected chi connectivity index (χ0v) is 14.8. The zero-order chi connectivity index (χ0) is 19.2. The van der Waals surface area contributed by atoms with E-state index in [0.29, 0.717) is 17.4 Å². The predicted octanol–water partition coefficient (Wildman–Crippen LogP) is 1.70. The van der Waals surface area contributed by atoms with E-state index in [9.17, 15) is 14.3 Å². The van der Waals surface area contributed by atoms with Gasteiger partial charge in [-0.05, 0) is 52.4 Å². The van der Waals surface area contributed by atoms with Gasteiger partial charge in [-0.25, -0.2) is 9.18 Å². The molecule has 0 aliphatic carbocycles. The van der Waals surface area contributed by atoms with Crippen LogP contribution < -0.4 is 5.32 Å². The van der Waals surface area contributed by atoms with Crippen LogP contribution in [0.5, 0.6) is 0 Å². The SMILES string of the molecule is O=C(O)c1ccc(-n2nnnc2SCC(O)NCc2cccc(F)c2)cc1. The van der Waals surface area contributed by atoms with E-state index in [1.807, 2.05) is 0 Å². The molecule has 8 nitrogen and oxygen atoms in total. The van der Waals surface area contributed by atoms with Gasteiger partial charge in [0.05, 0.1) is 11.3 Å². The number of hydrogen-bond donors (Lipinski definition) is 3. The normalized spacial score (nSPS) is 12.1. The highest BCUT2D eigenvalue weighted by molar-refractivity contribution is 7.99. The number of carboxylic acids is 1. The molecule has 27 heavy (non-hydrogen) atoms. The highest BCUT2D eigenvalue weighted by Crippen LogP contribution is 2.19. The lowest BCUT2D eigenvalue weighted by atomic mass is 10.2. The number of aromatic nitrogens is 4. The van der Waals surface area contributed by atoms with Crippen LogP contribution in [0.25, 0.3) is 5.69 Å². The Morgan fingerprint density at radius 1 is 1.26 bits per heavy atom. The highest BCUT2D eigenvalue weighted by atomic mass is 32.2. The van der Waals surface area contributed by atoms with E-state index < -0.39 is 12.2 Å². The summed E-state index contributed by atoms with van der Waals surface area (Å²) in [6, 6.07) is 12.2. The molecule has 0 saturated heterocycles. The Morgan fingerprint density at radius 3 is 2.74 bits per heavy atom. The molecular weight excluding hydrogens is 373 g/mol. The van der Waals surface area contributed by atoms with Crippen LogP contribution in [-0.2, 0) is 6.54 Å². The molecule has 1 atom stereocenters. The maximum absolute atomic E-state index is 13.1. The van der Waals surface area contributed by atoms with Gasteiger partial charge in [-0.1, -0.05) is 23.9 Å². The molecule has 10 heteroatoms. The highest BCUT2D eigenvalue weighted by Gasteiger charge is 2.13. The number of carboxylic acid groups (broad SMARTS) is 1. The third-order valence-electron chi connectivity index (χ3n) is 3.60. The maximum atomic E-state index is 13.1. The number of aliphatic hydroxyl groups is 1. The smallest absolute Gasteiger partial charge is 0.335 e. The van der Waals surface area contributed by atoms with Crippen molar-refractivity contribution >= 4 is 17.7 Å². The summed E-state index contributed by atoms with van der Waals surface area (Å²) in [5.41, 5.74) is 1.50. The Hall–Kier alpha value is -2.82. The number of benzene rings is 2. The van der Waals surface area contributed by atoms with Crippen molar-refractivity contribution in [1.82, 2.24) is 25.5 Å². The zero-order valence-electron chi connectivity index (χ0n) is 14.0. The lowest BCUT2D eigenvalue weighted by Crippen LogP contribution is -2.30. The van der Waals surface area contributed by atoms with Crippen molar-refractivity contribution in [2.45, 2.75) is 17.9 Å². The van der Waals surface area contributed by atoms with Crippen molar-refractivity contribution in [2.75, 3.05) is 5.75 Å². The molecule has 0 fully saturated rings. The summed E-state index contributed by atoms with van der Waals surface area (Å²) in [4.78, 5) is 10.9. The van der Waals surface area contributed by atoms with Crippen LogP contribution in [0.15, 0.2) is 53.7 Å². The molecule has 2 aromatic carbocycles. The summed E-state index contributed by atoms with van der Waals surface area (Å²) in [7, 11) is 0. The first-order valence-corrected chi connectivity index (χ1v) is 8.92. The number of aliphatic hydroxyl groups excluding tert-OH is 1. The molecule has 1 heterocycles. The molecule has 0 aliphatic rings. The minimum atomic E-state index is -1.01. The number of aromatic carboxylic acids is 1. The average molecular weight is 389 g/mol. The Balaban J connectivity index is 1.57. The topological polar surface area (TPSA) is 113 Å². The molecule has 1 unspecified atom stereocenters. The second kappa shape index (κ2) is 8.71. The molecule has 0 spiro atoms. The van der Waals surface area contributed by atoms with Crippen LogP contribution in [-0.4, -0.2) is 48.4 Å². The van der Waals surface area contributed by atoms with Gasteiger partial charge in [0.25, 0.3) is 0 Å². The van der Waals surface area contributed by atoms with Gasteiger partial charge < -0.3 is 10.2 Å². The van der Waals surface area contributed by atoms with E-state index in [4.69, 9.17) is 5.11 Å². The van der Waals surface area contributed by atoms with E-state index in [1.54, 1.807) is 24.3 Å². The van der Waals surface area contributed by atoms with Crippen LogP contribution in [0.3, 0.4) is 0 Å². The molecule has 1 aromatic heterocycles. The molecule has 3 aromatic rings. The number of carbonyl (C=O) groups is 1. The Morgan fingerprint density at radius 2 is 2.04 bits per heavy atom. The molecule has 3 rings (SSSR count). The van der Waals surface area contributed by atoms with Crippen molar-refractivity contribution in [2.24, 2.45) is 0 Å². The average Bonchev–Trinajstić information content (AvgIpc) is 3.13. The molecular formula is C17H16FN5O3S. The first kappa shape index (κ1) is 19.0. The molecule has 0 bridgehead atoms. The quantitative estimate of drug-likeness (QED) is 0.394. The summed E-state index contributed by atoms with van der Waals surface area (Å²) >= 11 is 1.23. The first-order valence-electron chi connectivity index (χ1n) is 7.94. The second-order valence-electron chi connectivity index (χ2n) is 5.56. The number of nitrogens with zero attached hydrogens (tertiary/aromatic N) is 4. The number of nitrogens with one attached hydrogen (secondary N) is 1. The largest absolute Gasteiger partial charge is 0.478 e. The predicted molar refractivity (Wildman–Crippen MR) is 96.1 cm³/mol. The van der Waals surface area contributed by atoms with Crippen molar-refractivity contribution in [3.05, 3.63) is 65.5 Å². The van der Waals surface area contributed by atoms with E-state index in [-0.39, 0.29) is 17.1 Å². The van der Waals surface area contributed by atoms with E-state index >= 15 is 0 Å². The first-order chi connectivity index (χ1) is 13.0. The molecule has 0 saturated carbocycles. The lowest BCUT2D eigenvalue weighted by Gasteiger charge is -2.12. The van der Waals surface area contributed by atoms with Crippen LogP contribution >= 0.6 is 11.8 Å².